The lowest BCUT2D eigenvalue weighted by Gasteiger charge is -2.09. The standard InChI is InChI=1S/C21H34O4/c1-2-3-4-5-6-7-8-9-10-11-12-13-14-17-15-16-18(22)20(23)19(17)21(24)25/h15-16,22-23H,2-14H2,1H3,(H,24,25). The van der Waals surface area contributed by atoms with Crippen molar-refractivity contribution in [2.45, 2.75) is 90.4 Å². The number of hydrogen-bond donors (Lipinski definition) is 3. The lowest BCUT2D eigenvalue weighted by Crippen LogP contribution is -2.03. The highest BCUT2D eigenvalue weighted by atomic mass is 16.4. The van der Waals surface area contributed by atoms with Crippen LogP contribution in [0.5, 0.6) is 11.5 Å². The quantitative estimate of drug-likeness (QED) is 0.282. The van der Waals surface area contributed by atoms with E-state index in [0.717, 1.165) is 12.8 Å². The number of aryl methyl sites for hydroxylation is 1. The number of hydrogen-bond acceptors (Lipinski definition) is 3. The summed E-state index contributed by atoms with van der Waals surface area (Å²) in [5.41, 5.74) is 0.429. The van der Waals surface area contributed by atoms with E-state index in [-0.39, 0.29) is 11.3 Å². The third-order valence-corrected chi connectivity index (χ3v) is 4.76. The third-order valence-electron chi connectivity index (χ3n) is 4.76. The van der Waals surface area contributed by atoms with E-state index < -0.39 is 11.7 Å². The van der Waals surface area contributed by atoms with Crippen molar-refractivity contribution in [1.82, 2.24) is 0 Å². The van der Waals surface area contributed by atoms with Gasteiger partial charge in [-0.05, 0) is 24.5 Å². The summed E-state index contributed by atoms with van der Waals surface area (Å²) in [5.74, 6) is -2.10. The molecule has 0 spiro atoms. The van der Waals surface area contributed by atoms with E-state index in [1.165, 1.54) is 70.3 Å². The second-order valence-electron chi connectivity index (χ2n) is 6.91. The average molecular weight is 350 g/mol. The molecule has 0 aromatic heterocycles. The summed E-state index contributed by atoms with van der Waals surface area (Å²) in [6, 6.07) is 2.95. The molecule has 0 bridgehead atoms. The highest BCUT2D eigenvalue weighted by Gasteiger charge is 2.18. The van der Waals surface area contributed by atoms with Crippen LogP contribution in [0, 0.1) is 0 Å². The second-order valence-corrected chi connectivity index (χ2v) is 6.91. The van der Waals surface area contributed by atoms with E-state index in [9.17, 15) is 20.1 Å². The van der Waals surface area contributed by atoms with E-state index in [1.807, 2.05) is 0 Å². The van der Waals surface area contributed by atoms with Crippen molar-refractivity contribution < 1.29 is 20.1 Å². The molecular weight excluding hydrogens is 316 g/mol. The van der Waals surface area contributed by atoms with Gasteiger partial charge in [0.15, 0.2) is 11.5 Å². The van der Waals surface area contributed by atoms with E-state index in [1.54, 1.807) is 6.07 Å². The normalized spacial score (nSPS) is 10.9. The average Bonchev–Trinajstić information content (AvgIpc) is 2.58. The van der Waals surface area contributed by atoms with Gasteiger partial charge in [0.05, 0.1) is 0 Å². The number of carboxylic acid groups (broad SMARTS) is 1. The zero-order chi connectivity index (χ0) is 18.5. The molecule has 3 N–H and O–H groups in total. The monoisotopic (exact) mass is 350 g/mol. The lowest BCUT2D eigenvalue weighted by molar-refractivity contribution is 0.0691. The number of carboxylic acids is 1. The fourth-order valence-corrected chi connectivity index (χ4v) is 3.23. The Balaban J connectivity index is 2.13. The minimum absolute atomic E-state index is 0.164. The zero-order valence-corrected chi connectivity index (χ0v) is 15.6. The van der Waals surface area contributed by atoms with Crippen molar-refractivity contribution in [2.24, 2.45) is 0 Å². The smallest absolute Gasteiger partial charge is 0.339 e. The number of aromatic carboxylic acids is 1. The van der Waals surface area contributed by atoms with Gasteiger partial charge in [-0.15, -0.1) is 0 Å². The van der Waals surface area contributed by atoms with Crippen molar-refractivity contribution >= 4 is 5.97 Å². The van der Waals surface area contributed by atoms with Gasteiger partial charge in [0.1, 0.15) is 5.56 Å². The lowest BCUT2D eigenvalue weighted by atomic mass is 9.99. The number of rotatable bonds is 14. The molecule has 25 heavy (non-hydrogen) atoms. The first-order valence-electron chi connectivity index (χ1n) is 9.85. The molecule has 4 nitrogen and oxygen atoms in total. The molecule has 4 heteroatoms. The van der Waals surface area contributed by atoms with Crippen molar-refractivity contribution in [2.75, 3.05) is 0 Å². The van der Waals surface area contributed by atoms with Crippen LogP contribution in [0.25, 0.3) is 0 Å². The number of carbonyl (C=O) groups is 1. The summed E-state index contributed by atoms with van der Waals surface area (Å²) in [5, 5.41) is 28.3. The molecule has 1 aromatic rings. The molecule has 1 rings (SSSR count). The van der Waals surface area contributed by atoms with Crippen molar-refractivity contribution in [1.29, 1.82) is 0 Å². The topological polar surface area (TPSA) is 77.8 Å². The Hall–Kier alpha value is -1.71. The van der Waals surface area contributed by atoms with Crippen molar-refractivity contribution in [3.05, 3.63) is 23.3 Å². The Bertz CT molecular complexity index is 511. The Kier molecular flexibility index (Phi) is 10.8. The molecule has 1 aromatic carbocycles. The van der Waals surface area contributed by atoms with Gasteiger partial charge in [0, 0.05) is 0 Å². The van der Waals surface area contributed by atoms with Crippen molar-refractivity contribution in [3.8, 4) is 11.5 Å². The Morgan fingerprint density at radius 1 is 0.800 bits per heavy atom. The van der Waals surface area contributed by atoms with Gasteiger partial charge in [-0.25, -0.2) is 4.79 Å². The summed E-state index contributed by atoms with van der Waals surface area (Å²) in [7, 11) is 0. The molecule has 142 valence electrons. The highest BCUT2D eigenvalue weighted by Crippen LogP contribution is 2.32. The number of benzene rings is 1. The minimum Gasteiger partial charge on any atom is -0.504 e. The number of aromatic hydroxyl groups is 2. The van der Waals surface area contributed by atoms with E-state index >= 15 is 0 Å². The van der Waals surface area contributed by atoms with E-state index in [2.05, 4.69) is 6.92 Å². The van der Waals surface area contributed by atoms with Crippen LogP contribution in [0.4, 0.5) is 0 Å². The second kappa shape index (κ2) is 12.6. The molecule has 0 unspecified atom stereocenters. The largest absolute Gasteiger partial charge is 0.504 e. The van der Waals surface area contributed by atoms with Gasteiger partial charge < -0.3 is 15.3 Å². The van der Waals surface area contributed by atoms with Gasteiger partial charge in [-0.2, -0.15) is 0 Å². The maximum atomic E-state index is 11.2. The number of unbranched alkanes of at least 4 members (excludes halogenated alkanes) is 11. The van der Waals surface area contributed by atoms with Crippen LogP contribution in [0.1, 0.15) is 99.9 Å². The van der Waals surface area contributed by atoms with Crippen LogP contribution in [-0.4, -0.2) is 21.3 Å². The van der Waals surface area contributed by atoms with E-state index in [4.69, 9.17) is 0 Å². The van der Waals surface area contributed by atoms with Gasteiger partial charge in [-0.1, -0.05) is 83.6 Å². The first-order valence-corrected chi connectivity index (χ1v) is 9.85. The fourth-order valence-electron chi connectivity index (χ4n) is 3.23. The summed E-state index contributed by atoms with van der Waals surface area (Å²) in [4.78, 5) is 11.2. The molecule has 0 fully saturated rings. The molecule has 0 heterocycles. The molecule has 0 aliphatic rings. The summed E-state index contributed by atoms with van der Waals surface area (Å²) in [6.07, 6.45) is 15.7. The maximum Gasteiger partial charge on any atom is 0.339 e. The van der Waals surface area contributed by atoms with E-state index in [0.29, 0.717) is 12.0 Å². The summed E-state index contributed by atoms with van der Waals surface area (Å²) in [6.45, 7) is 2.24. The Morgan fingerprint density at radius 3 is 1.76 bits per heavy atom. The molecule has 0 saturated carbocycles. The first-order chi connectivity index (χ1) is 12.1. The maximum absolute atomic E-state index is 11.2. The number of phenolic OH excluding ortho intramolecular Hbond substituents is 1. The van der Waals surface area contributed by atoms with Crippen LogP contribution in [0.2, 0.25) is 0 Å². The first kappa shape index (κ1) is 21.3. The Labute approximate surface area is 151 Å². The molecule has 0 saturated heterocycles. The molecule has 0 amide bonds. The zero-order valence-electron chi connectivity index (χ0n) is 15.6. The number of phenols is 2. The SMILES string of the molecule is CCCCCCCCCCCCCCc1ccc(O)c(O)c1C(=O)O. The van der Waals surface area contributed by atoms with Gasteiger partial charge >= 0.3 is 5.97 Å². The molecular formula is C21H34O4. The highest BCUT2D eigenvalue weighted by molar-refractivity contribution is 5.93. The third kappa shape index (κ3) is 8.28. The predicted molar refractivity (Wildman–Crippen MR) is 102 cm³/mol. The summed E-state index contributed by atoms with van der Waals surface area (Å²) >= 11 is 0. The molecule has 0 aliphatic heterocycles. The van der Waals surface area contributed by atoms with Gasteiger partial charge in [0.25, 0.3) is 0 Å². The van der Waals surface area contributed by atoms with Crippen LogP contribution in [0.3, 0.4) is 0 Å². The fraction of sp³-hybridized carbons (Fsp3) is 0.667. The molecule has 0 radical (unpaired) electrons. The van der Waals surface area contributed by atoms with Crippen molar-refractivity contribution in [3.63, 3.8) is 0 Å². The molecule has 0 atom stereocenters. The van der Waals surface area contributed by atoms with Crippen LogP contribution in [-0.2, 0) is 6.42 Å². The molecule has 0 aliphatic carbocycles. The van der Waals surface area contributed by atoms with Gasteiger partial charge in [0.2, 0.25) is 0 Å². The predicted octanol–water partition coefficient (Wildman–Crippen LogP) is 6.04. The summed E-state index contributed by atoms with van der Waals surface area (Å²) < 4.78 is 0. The Morgan fingerprint density at radius 2 is 1.28 bits per heavy atom. The minimum atomic E-state index is -1.19. The van der Waals surface area contributed by atoms with Crippen LogP contribution >= 0.6 is 0 Å². The van der Waals surface area contributed by atoms with Crippen LogP contribution in [0.15, 0.2) is 12.1 Å². The van der Waals surface area contributed by atoms with Gasteiger partial charge in [-0.3, -0.25) is 0 Å². The van der Waals surface area contributed by atoms with Crippen LogP contribution < -0.4 is 0 Å².